The van der Waals surface area contributed by atoms with E-state index in [1.807, 2.05) is 0 Å². The summed E-state index contributed by atoms with van der Waals surface area (Å²) in [5.41, 5.74) is 0.308. The molecule has 2 aliphatic carbocycles. The van der Waals surface area contributed by atoms with Gasteiger partial charge in [0, 0.05) is 24.1 Å². The van der Waals surface area contributed by atoms with E-state index < -0.39 is 48.6 Å². The normalized spacial score (nSPS) is 33.2. The van der Waals surface area contributed by atoms with E-state index in [4.69, 9.17) is 8.92 Å². The first-order valence-corrected chi connectivity index (χ1v) is 11.5. The average Bonchev–Trinajstić information content (AvgIpc) is 3.18. The van der Waals surface area contributed by atoms with E-state index in [9.17, 15) is 26.2 Å². The number of esters is 1. The lowest BCUT2D eigenvalue weighted by Gasteiger charge is -2.25. The highest BCUT2D eigenvalue weighted by Crippen LogP contribution is 2.55. The standard InChI is InChI=1S/C16H19NO8S2/c1-2-17-12-4-3-9(26(19,20)21)7-10(12)16(18)24-14-8-5-11-13(6-8)27(22,23)25-15(11)14/h3-4,7-8,11,13-15,17H,2,5-6H2,1H3,(H,19,20,21). The van der Waals surface area contributed by atoms with Crippen molar-refractivity contribution in [1.82, 2.24) is 0 Å². The minimum absolute atomic E-state index is 0.0489. The number of anilines is 1. The predicted molar refractivity (Wildman–Crippen MR) is 93.4 cm³/mol. The van der Waals surface area contributed by atoms with Crippen LogP contribution in [0, 0.1) is 11.8 Å². The van der Waals surface area contributed by atoms with Gasteiger partial charge >= 0.3 is 5.97 Å². The summed E-state index contributed by atoms with van der Waals surface area (Å²) >= 11 is 0. The molecule has 11 heteroatoms. The van der Waals surface area contributed by atoms with Crippen molar-refractivity contribution in [1.29, 1.82) is 0 Å². The maximum atomic E-state index is 12.7. The fourth-order valence-electron chi connectivity index (χ4n) is 4.43. The lowest BCUT2D eigenvalue weighted by molar-refractivity contribution is -0.0175. The van der Waals surface area contributed by atoms with Crippen LogP contribution in [0.2, 0.25) is 0 Å². The molecule has 0 spiro atoms. The quantitative estimate of drug-likeness (QED) is 0.409. The third kappa shape index (κ3) is 3.02. The molecule has 1 aliphatic heterocycles. The lowest BCUT2D eigenvalue weighted by Crippen LogP contribution is -2.37. The molecule has 1 aromatic carbocycles. The van der Waals surface area contributed by atoms with Crippen molar-refractivity contribution in [2.75, 3.05) is 11.9 Å². The van der Waals surface area contributed by atoms with Gasteiger partial charge in [0.2, 0.25) is 0 Å². The molecule has 2 saturated carbocycles. The Morgan fingerprint density at radius 1 is 1.37 bits per heavy atom. The first-order chi connectivity index (χ1) is 12.6. The number of ether oxygens (including phenoxy) is 1. The van der Waals surface area contributed by atoms with Gasteiger partial charge in [-0.05, 0) is 38.0 Å². The second kappa shape index (κ2) is 6.16. The van der Waals surface area contributed by atoms with Crippen LogP contribution in [0.4, 0.5) is 5.69 Å². The molecule has 0 aromatic heterocycles. The molecule has 4 rings (SSSR count). The van der Waals surface area contributed by atoms with Gasteiger partial charge in [0.15, 0.2) is 0 Å². The zero-order chi connectivity index (χ0) is 19.6. The highest BCUT2D eigenvalue weighted by molar-refractivity contribution is 7.87. The Bertz CT molecular complexity index is 1000. The Labute approximate surface area is 156 Å². The Morgan fingerprint density at radius 3 is 2.78 bits per heavy atom. The smallest absolute Gasteiger partial charge is 0.340 e. The Balaban J connectivity index is 1.62. The summed E-state index contributed by atoms with van der Waals surface area (Å²) in [6, 6.07) is 3.59. The van der Waals surface area contributed by atoms with Gasteiger partial charge in [-0.1, -0.05) is 0 Å². The summed E-state index contributed by atoms with van der Waals surface area (Å²) in [7, 11) is -8.11. The van der Waals surface area contributed by atoms with E-state index in [2.05, 4.69) is 5.32 Å². The molecule has 1 saturated heterocycles. The first kappa shape index (κ1) is 18.7. The maximum Gasteiger partial charge on any atom is 0.340 e. The number of hydrogen-bond donors (Lipinski definition) is 2. The summed E-state index contributed by atoms with van der Waals surface area (Å²) in [6.07, 6.45) is -0.362. The molecular weight excluding hydrogens is 398 g/mol. The SMILES string of the molecule is CCNc1ccc(S(=O)(=O)O)cc1C(=O)OC1C2CC3C1OS(=O)(=O)C3C2. The number of fused-ring (bicyclic) bond motifs is 1. The molecule has 1 heterocycles. The van der Waals surface area contributed by atoms with E-state index in [0.717, 1.165) is 6.07 Å². The molecule has 3 fully saturated rings. The largest absolute Gasteiger partial charge is 0.456 e. The number of benzene rings is 1. The molecule has 2 bridgehead atoms. The van der Waals surface area contributed by atoms with Gasteiger partial charge in [0.05, 0.1) is 15.7 Å². The summed E-state index contributed by atoms with van der Waals surface area (Å²) in [6.45, 7) is 2.28. The average molecular weight is 417 g/mol. The lowest BCUT2D eigenvalue weighted by atomic mass is 9.94. The van der Waals surface area contributed by atoms with E-state index in [-0.39, 0.29) is 17.4 Å². The molecule has 0 amide bonds. The third-order valence-electron chi connectivity index (χ3n) is 5.53. The van der Waals surface area contributed by atoms with Crippen LogP contribution in [0.15, 0.2) is 23.1 Å². The second-order valence-electron chi connectivity index (χ2n) is 7.07. The summed E-state index contributed by atoms with van der Waals surface area (Å²) in [5, 5.41) is 2.41. The molecule has 2 N–H and O–H groups in total. The molecule has 148 valence electrons. The Hall–Kier alpha value is -1.69. The fourth-order valence-corrected chi connectivity index (χ4v) is 6.82. The van der Waals surface area contributed by atoms with Gasteiger partial charge in [-0.25, -0.2) is 4.79 Å². The van der Waals surface area contributed by atoms with Gasteiger partial charge in [-0.15, -0.1) is 0 Å². The molecular formula is C16H19NO8S2. The monoisotopic (exact) mass is 417 g/mol. The van der Waals surface area contributed by atoms with Crippen LogP contribution < -0.4 is 5.32 Å². The minimum Gasteiger partial charge on any atom is -0.456 e. The van der Waals surface area contributed by atoms with Crippen LogP contribution >= 0.6 is 0 Å². The van der Waals surface area contributed by atoms with Crippen LogP contribution in [-0.4, -0.2) is 51.4 Å². The summed E-state index contributed by atoms with van der Waals surface area (Å²) < 4.78 is 66.8. The molecule has 5 unspecified atom stereocenters. The van der Waals surface area contributed by atoms with E-state index in [0.29, 0.717) is 25.1 Å². The van der Waals surface area contributed by atoms with Crippen LogP contribution in [0.5, 0.6) is 0 Å². The number of nitrogens with one attached hydrogen (secondary N) is 1. The number of rotatable bonds is 5. The molecule has 5 atom stereocenters. The Morgan fingerprint density at radius 2 is 2.11 bits per heavy atom. The first-order valence-electron chi connectivity index (χ1n) is 8.60. The number of carbonyl (C=O) groups excluding carboxylic acids is 1. The van der Waals surface area contributed by atoms with Crippen LogP contribution in [0.3, 0.4) is 0 Å². The minimum atomic E-state index is -4.49. The van der Waals surface area contributed by atoms with Crippen molar-refractivity contribution < 1.29 is 35.1 Å². The van der Waals surface area contributed by atoms with Crippen LogP contribution in [0.25, 0.3) is 0 Å². The van der Waals surface area contributed by atoms with E-state index >= 15 is 0 Å². The molecule has 3 aliphatic rings. The van der Waals surface area contributed by atoms with Crippen molar-refractivity contribution in [3.63, 3.8) is 0 Å². The van der Waals surface area contributed by atoms with Crippen molar-refractivity contribution in [3.05, 3.63) is 23.8 Å². The van der Waals surface area contributed by atoms with Gasteiger partial charge < -0.3 is 10.1 Å². The van der Waals surface area contributed by atoms with Crippen molar-refractivity contribution in [2.45, 2.75) is 42.1 Å². The van der Waals surface area contributed by atoms with E-state index in [1.165, 1.54) is 12.1 Å². The predicted octanol–water partition coefficient (Wildman–Crippen LogP) is 1.03. The highest BCUT2D eigenvalue weighted by atomic mass is 32.2. The van der Waals surface area contributed by atoms with E-state index in [1.54, 1.807) is 6.92 Å². The van der Waals surface area contributed by atoms with Crippen molar-refractivity contribution >= 4 is 31.9 Å². The number of hydrogen-bond acceptors (Lipinski definition) is 8. The van der Waals surface area contributed by atoms with Gasteiger partial charge in [-0.2, -0.15) is 16.8 Å². The van der Waals surface area contributed by atoms with Crippen LogP contribution in [-0.2, 0) is 29.2 Å². The molecule has 1 aromatic rings. The van der Waals surface area contributed by atoms with Gasteiger partial charge in [0.1, 0.15) is 12.2 Å². The Kier molecular flexibility index (Phi) is 4.26. The van der Waals surface area contributed by atoms with Gasteiger partial charge in [0.25, 0.3) is 20.2 Å². The molecule has 0 radical (unpaired) electrons. The zero-order valence-corrected chi connectivity index (χ0v) is 16.0. The molecule has 27 heavy (non-hydrogen) atoms. The second-order valence-corrected chi connectivity index (χ2v) is 10.3. The van der Waals surface area contributed by atoms with Crippen molar-refractivity contribution in [3.8, 4) is 0 Å². The number of carbonyl (C=O) groups is 1. The van der Waals surface area contributed by atoms with Gasteiger partial charge in [-0.3, -0.25) is 8.74 Å². The highest BCUT2D eigenvalue weighted by Gasteiger charge is 2.65. The zero-order valence-electron chi connectivity index (χ0n) is 14.4. The third-order valence-corrected chi connectivity index (χ3v) is 8.16. The fraction of sp³-hybridized carbons (Fsp3) is 0.562. The summed E-state index contributed by atoms with van der Waals surface area (Å²) in [5.74, 6) is -1.06. The topological polar surface area (TPSA) is 136 Å². The van der Waals surface area contributed by atoms with Crippen molar-refractivity contribution in [2.24, 2.45) is 11.8 Å². The maximum absolute atomic E-state index is 12.7. The van der Waals surface area contributed by atoms with Crippen LogP contribution in [0.1, 0.15) is 30.1 Å². The summed E-state index contributed by atoms with van der Waals surface area (Å²) in [4.78, 5) is 12.3. The molecule has 9 nitrogen and oxygen atoms in total.